The van der Waals surface area contributed by atoms with Crippen molar-refractivity contribution in [2.45, 2.75) is 119 Å². The number of amides is 2. The molecule has 1 unspecified atom stereocenters. The molecule has 0 saturated carbocycles. The van der Waals surface area contributed by atoms with Gasteiger partial charge in [-0.3, -0.25) is 39.1 Å². The molecule has 5 heterocycles. The van der Waals surface area contributed by atoms with Crippen LogP contribution in [0.4, 0.5) is 0 Å². The lowest BCUT2D eigenvalue weighted by molar-refractivity contribution is -0.140. The summed E-state index contributed by atoms with van der Waals surface area (Å²) in [6.45, 7) is 14.7. The van der Waals surface area contributed by atoms with Gasteiger partial charge in [0, 0.05) is 66.9 Å². The van der Waals surface area contributed by atoms with Crippen LogP contribution in [0.2, 0.25) is 0 Å². The number of aliphatic hydroxyl groups is 1. The Kier molecular flexibility index (Phi) is 18.9. The Morgan fingerprint density at radius 1 is 0.803 bits per heavy atom. The fourth-order valence-electron chi connectivity index (χ4n) is 10.2. The number of carbonyl (C=O) groups is 5. The maximum absolute atomic E-state index is 13.5. The summed E-state index contributed by atoms with van der Waals surface area (Å²) in [5.41, 5.74) is 14.1. The van der Waals surface area contributed by atoms with Gasteiger partial charge in [-0.2, -0.15) is 0 Å². The van der Waals surface area contributed by atoms with Gasteiger partial charge in [-0.05, 0) is 122 Å². The van der Waals surface area contributed by atoms with E-state index in [2.05, 4.69) is 77.9 Å². The highest BCUT2D eigenvalue weighted by Crippen LogP contribution is 2.48. The number of halogens is 1. The van der Waals surface area contributed by atoms with E-state index in [0.717, 1.165) is 116 Å². The van der Waals surface area contributed by atoms with Crippen molar-refractivity contribution in [3.63, 3.8) is 0 Å². The summed E-state index contributed by atoms with van der Waals surface area (Å²) in [4.78, 5) is 79.3. The molecule has 19 heteroatoms. The summed E-state index contributed by atoms with van der Waals surface area (Å²) in [5.74, 6) is -3.59. The highest BCUT2D eigenvalue weighted by Gasteiger charge is 2.42. The number of hydrogen-bond donors (Lipinski definition) is 8. The number of carboxylic acids is 3. The van der Waals surface area contributed by atoms with Gasteiger partial charge in [0.2, 0.25) is 11.8 Å². The molecule has 18 nitrogen and oxygen atoms in total. The van der Waals surface area contributed by atoms with Crippen LogP contribution in [0.1, 0.15) is 113 Å². The number of carbonyl (C=O) groups excluding carboxylic acids is 2. The van der Waals surface area contributed by atoms with Crippen molar-refractivity contribution >= 4 is 62.8 Å². The Labute approximate surface area is 424 Å². The lowest BCUT2D eigenvalue weighted by atomic mass is 9.86. The molecule has 384 valence electrons. The lowest BCUT2D eigenvalue weighted by Crippen LogP contribution is -2.49. The number of aliphatic imine (C=N–C) groups is 3. The van der Waals surface area contributed by atoms with Crippen LogP contribution in [0.5, 0.6) is 0 Å². The van der Waals surface area contributed by atoms with Crippen molar-refractivity contribution in [1.82, 2.24) is 31.1 Å². The summed E-state index contributed by atoms with van der Waals surface area (Å²) in [6.07, 6.45) is 10.0. The van der Waals surface area contributed by atoms with Gasteiger partial charge in [-0.1, -0.05) is 40.5 Å². The average molecular weight is 1050 g/mol. The number of aliphatic hydroxyl groups excluding tert-OH is 1. The molecule has 0 spiro atoms. The molecule has 8 bridgehead atoms. The number of hydrogen-bond acceptors (Lipinski definition) is 13. The molecule has 0 aromatic heterocycles. The second-order valence-electron chi connectivity index (χ2n) is 18.9. The minimum atomic E-state index is -1.15. The lowest BCUT2D eigenvalue weighted by Gasteiger charge is -2.29. The second-order valence-corrected chi connectivity index (χ2v) is 19.7. The first-order valence-corrected chi connectivity index (χ1v) is 25.7. The SMILES string of the molecule is CCC1=C(C)C2=NC1=CC1=C(C)C3=C(O)CC(=C4NC(=C(Br)C5=NC(=C2)C(CC)=C5C)[C@@H](C)[C@@H]4CCC(=O)NCCCCCCNC(=O)C(CCN(CC(=O)O)CN(CC)CC(=O)O)NCC(=O)O)C3=N1. The smallest absolute Gasteiger partial charge is 0.317 e. The first kappa shape index (κ1) is 54.6. The van der Waals surface area contributed by atoms with Crippen molar-refractivity contribution in [2.75, 3.05) is 52.5 Å². The molecular formula is C52H70BrN9O9. The van der Waals surface area contributed by atoms with Gasteiger partial charge >= 0.3 is 17.9 Å². The van der Waals surface area contributed by atoms with E-state index in [-0.39, 0.29) is 56.2 Å². The first-order chi connectivity index (χ1) is 33.9. The Bertz CT molecular complexity index is 2560. The van der Waals surface area contributed by atoms with Crippen LogP contribution < -0.4 is 21.3 Å². The van der Waals surface area contributed by atoms with Gasteiger partial charge in [-0.15, -0.1) is 0 Å². The molecule has 1 fully saturated rings. The van der Waals surface area contributed by atoms with Crippen LogP contribution in [-0.4, -0.2) is 136 Å². The first-order valence-electron chi connectivity index (χ1n) is 24.9. The number of rotatable bonds is 26. The Balaban J connectivity index is 1.06. The van der Waals surface area contributed by atoms with Gasteiger partial charge in [-0.25, -0.2) is 15.0 Å². The number of likely N-dealkylation sites (N-methyl/N-ethyl adjacent to an activating group) is 1. The standard InChI is InChI=1S/C52H70BrN9O9/c1-8-32-28(4)37-22-40-33(9-2)29(5)48(59-40)47(53)49-30(6)34(50(60-49)35-21-41(63)46-31(7)38(58-51(35)46)23-39(32)57-37)15-16-42(64)54-18-13-11-12-14-19-55-52(71)36(56-24-43(65)66)17-20-62(26-45(69)70)27-61(10-3)25-44(67)68/h22-23,30,34,36,56,60,63H,8-21,24-27H2,1-7H3,(H,54,64)(H,55,71)(H,65,66)(H,67,68)(H,69,70)/t30-,34-,36?/m0/s1. The number of carboxylic acid groups (broad SMARTS) is 3. The highest BCUT2D eigenvalue weighted by molar-refractivity contribution is 9.12. The van der Waals surface area contributed by atoms with Crippen LogP contribution in [0.25, 0.3) is 0 Å². The van der Waals surface area contributed by atoms with Crippen LogP contribution in [0, 0.1) is 11.8 Å². The van der Waals surface area contributed by atoms with Gasteiger partial charge in [0.25, 0.3) is 0 Å². The summed E-state index contributed by atoms with van der Waals surface area (Å²) >= 11 is 4.00. The maximum Gasteiger partial charge on any atom is 0.317 e. The number of fused-ring (bicyclic) bond motifs is 5. The number of nitrogens with zero attached hydrogens (tertiary/aromatic N) is 5. The second kappa shape index (κ2) is 24.6. The monoisotopic (exact) mass is 1040 g/mol. The van der Waals surface area contributed by atoms with E-state index in [4.69, 9.17) is 15.0 Å². The normalized spacial score (nSPS) is 20.0. The fraction of sp³-hybridized carbons (Fsp3) is 0.538. The third-order valence-electron chi connectivity index (χ3n) is 14.1. The summed E-state index contributed by atoms with van der Waals surface area (Å²) in [6, 6.07) is -0.909. The molecule has 5 aliphatic heterocycles. The highest BCUT2D eigenvalue weighted by atomic mass is 79.9. The zero-order valence-corrected chi connectivity index (χ0v) is 43.6. The predicted molar refractivity (Wildman–Crippen MR) is 277 cm³/mol. The molecule has 3 atom stereocenters. The number of aliphatic carboxylic acids is 3. The van der Waals surface area contributed by atoms with E-state index in [9.17, 15) is 44.4 Å². The number of allylic oxidation sites excluding steroid dienone is 12. The molecule has 6 rings (SSSR count). The molecule has 0 radical (unpaired) electrons. The topological polar surface area (TPSA) is 258 Å². The molecular weight excluding hydrogens is 975 g/mol. The molecule has 8 N–H and O–H groups in total. The van der Waals surface area contributed by atoms with Crippen molar-refractivity contribution < 1.29 is 44.4 Å². The maximum atomic E-state index is 13.5. The minimum absolute atomic E-state index is 0.0250. The van der Waals surface area contributed by atoms with Gasteiger partial charge in [0.15, 0.2) is 0 Å². The van der Waals surface area contributed by atoms with E-state index in [0.29, 0.717) is 45.3 Å². The molecule has 6 aliphatic rings. The summed E-state index contributed by atoms with van der Waals surface area (Å²) < 4.78 is 0.868. The van der Waals surface area contributed by atoms with Crippen LogP contribution in [-0.2, 0) is 24.0 Å². The summed E-state index contributed by atoms with van der Waals surface area (Å²) in [7, 11) is 0. The number of nitrogens with one attached hydrogen (secondary N) is 4. The van der Waals surface area contributed by atoms with Crippen LogP contribution >= 0.6 is 15.9 Å². The van der Waals surface area contributed by atoms with Crippen molar-refractivity contribution in [3.05, 3.63) is 89.9 Å². The third kappa shape index (κ3) is 13.0. The number of unbranched alkanes of at least 4 members (excludes halogenated alkanes) is 3. The van der Waals surface area contributed by atoms with Gasteiger partial charge < -0.3 is 36.4 Å². The predicted octanol–water partition coefficient (Wildman–Crippen LogP) is 6.55. The molecule has 0 aromatic carbocycles. The zero-order chi connectivity index (χ0) is 51.7. The van der Waals surface area contributed by atoms with Gasteiger partial charge in [0.1, 0.15) is 5.76 Å². The third-order valence-corrected chi connectivity index (χ3v) is 14.9. The Hall–Kier alpha value is -5.76. The summed E-state index contributed by atoms with van der Waals surface area (Å²) in [5, 5.41) is 51.9. The van der Waals surface area contributed by atoms with Crippen LogP contribution in [0.3, 0.4) is 0 Å². The average Bonchev–Trinajstić information content (AvgIpc) is 4.09. The quantitative estimate of drug-likeness (QED) is 0.0338. The Morgan fingerprint density at radius 3 is 2.10 bits per heavy atom. The largest absolute Gasteiger partial charge is 0.511 e. The van der Waals surface area contributed by atoms with Gasteiger partial charge in [0.05, 0.1) is 71.1 Å². The zero-order valence-electron chi connectivity index (χ0n) is 42.1. The van der Waals surface area contributed by atoms with Crippen molar-refractivity contribution in [1.29, 1.82) is 0 Å². The Morgan fingerprint density at radius 2 is 1.45 bits per heavy atom. The van der Waals surface area contributed by atoms with Crippen LogP contribution in [0.15, 0.2) is 105 Å². The molecule has 2 amide bonds. The molecule has 71 heavy (non-hydrogen) atoms. The fourth-order valence-corrected chi connectivity index (χ4v) is 11.1. The van der Waals surface area contributed by atoms with E-state index >= 15 is 0 Å². The molecule has 1 aliphatic carbocycles. The van der Waals surface area contributed by atoms with E-state index in [1.54, 1.807) is 11.8 Å². The molecule has 1 saturated heterocycles. The van der Waals surface area contributed by atoms with E-state index < -0.39 is 36.4 Å². The van der Waals surface area contributed by atoms with E-state index in [1.165, 1.54) is 10.5 Å². The molecule has 0 aromatic rings. The minimum Gasteiger partial charge on any atom is -0.511 e. The van der Waals surface area contributed by atoms with Crippen molar-refractivity contribution in [2.24, 2.45) is 26.8 Å². The van der Waals surface area contributed by atoms with E-state index in [1.807, 2.05) is 13.0 Å². The van der Waals surface area contributed by atoms with Crippen molar-refractivity contribution in [3.8, 4) is 0 Å².